The highest BCUT2D eigenvalue weighted by Crippen LogP contribution is 2.23. The Morgan fingerprint density at radius 2 is 1.83 bits per heavy atom. The van der Waals surface area contributed by atoms with Crippen LogP contribution in [0.5, 0.6) is 5.75 Å². The second kappa shape index (κ2) is 10.2. The highest BCUT2D eigenvalue weighted by Gasteiger charge is 2.16. The number of ether oxygens (including phenoxy) is 2. The molecule has 0 aliphatic carbocycles. The molecule has 0 saturated carbocycles. The Balaban J connectivity index is 1.67. The largest absolute Gasteiger partial charge is 0.489 e. The third-order valence-corrected chi connectivity index (χ3v) is 5.30. The molecule has 1 aliphatic heterocycles. The molecule has 0 spiro atoms. The molecular weight excluding hydrogens is 364 g/mol. The van der Waals surface area contributed by atoms with Crippen molar-refractivity contribution in [2.45, 2.75) is 20.1 Å². The van der Waals surface area contributed by atoms with Crippen LogP contribution in [0.25, 0.3) is 5.57 Å². The average molecular weight is 395 g/mol. The van der Waals surface area contributed by atoms with Crippen LogP contribution in [0.15, 0.2) is 54.6 Å². The van der Waals surface area contributed by atoms with E-state index in [1.807, 2.05) is 43.3 Å². The number of benzene rings is 2. The maximum absolute atomic E-state index is 12.1. The van der Waals surface area contributed by atoms with Crippen molar-refractivity contribution in [1.29, 1.82) is 0 Å². The molecule has 1 aliphatic rings. The van der Waals surface area contributed by atoms with E-state index in [-0.39, 0.29) is 5.97 Å². The van der Waals surface area contributed by atoms with Crippen LogP contribution in [0.3, 0.4) is 0 Å². The number of esters is 1. The molecule has 154 valence electrons. The van der Waals surface area contributed by atoms with E-state index in [2.05, 4.69) is 29.0 Å². The van der Waals surface area contributed by atoms with Crippen LogP contribution in [0, 0.1) is 0 Å². The molecule has 0 atom stereocenters. The summed E-state index contributed by atoms with van der Waals surface area (Å²) in [4.78, 5) is 16.9. The lowest BCUT2D eigenvalue weighted by Crippen LogP contribution is -2.43. The number of allylic oxidation sites excluding steroid dienone is 1. The molecule has 0 unspecified atom stereocenters. The topological polar surface area (TPSA) is 42.0 Å². The van der Waals surface area contributed by atoms with Gasteiger partial charge in [-0.1, -0.05) is 42.5 Å². The smallest absolute Gasteiger partial charge is 0.338 e. The Morgan fingerprint density at radius 1 is 1.07 bits per heavy atom. The van der Waals surface area contributed by atoms with E-state index in [0.29, 0.717) is 12.2 Å². The Hall–Kier alpha value is -2.63. The van der Waals surface area contributed by atoms with Crippen LogP contribution in [0.4, 0.5) is 0 Å². The summed E-state index contributed by atoms with van der Waals surface area (Å²) in [6, 6.07) is 16.1. The van der Waals surface area contributed by atoms with Gasteiger partial charge in [-0.3, -0.25) is 4.90 Å². The van der Waals surface area contributed by atoms with Gasteiger partial charge in [-0.2, -0.15) is 0 Å². The van der Waals surface area contributed by atoms with Crippen molar-refractivity contribution in [3.8, 4) is 5.75 Å². The molecular formula is C24H30N2O3. The fourth-order valence-corrected chi connectivity index (χ4v) is 3.56. The van der Waals surface area contributed by atoms with Gasteiger partial charge in [-0.25, -0.2) is 4.79 Å². The molecule has 3 rings (SSSR count). The Morgan fingerprint density at radius 3 is 2.55 bits per heavy atom. The van der Waals surface area contributed by atoms with Gasteiger partial charge in [0.2, 0.25) is 0 Å². The number of nitrogens with zero attached hydrogens (tertiary/aromatic N) is 2. The second-order valence-corrected chi connectivity index (χ2v) is 7.37. The van der Waals surface area contributed by atoms with Crippen molar-refractivity contribution in [3.63, 3.8) is 0 Å². The molecule has 0 bridgehead atoms. The summed E-state index contributed by atoms with van der Waals surface area (Å²) >= 11 is 0. The van der Waals surface area contributed by atoms with Gasteiger partial charge in [0.05, 0.1) is 12.7 Å². The predicted octanol–water partition coefficient (Wildman–Crippen LogP) is 3.59. The average Bonchev–Trinajstić information content (AvgIpc) is 2.75. The number of rotatable bonds is 7. The zero-order valence-electron chi connectivity index (χ0n) is 17.6. The Labute approximate surface area is 173 Å². The van der Waals surface area contributed by atoms with E-state index >= 15 is 0 Å². The number of piperazine rings is 1. The minimum Gasteiger partial charge on any atom is -0.489 e. The summed E-state index contributed by atoms with van der Waals surface area (Å²) in [6.07, 6.45) is 1.78. The number of hydrogen-bond acceptors (Lipinski definition) is 5. The first-order chi connectivity index (χ1) is 14.1. The molecule has 0 aromatic heterocycles. The lowest BCUT2D eigenvalue weighted by atomic mass is 10.00. The van der Waals surface area contributed by atoms with Gasteiger partial charge < -0.3 is 14.4 Å². The molecule has 2 aromatic rings. The molecule has 2 aromatic carbocycles. The van der Waals surface area contributed by atoms with E-state index in [0.717, 1.165) is 49.6 Å². The highest BCUT2D eigenvalue weighted by molar-refractivity contribution is 6.16. The molecule has 0 N–H and O–H groups in total. The number of carbonyl (C=O) groups is 1. The summed E-state index contributed by atoms with van der Waals surface area (Å²) < 4.78 is 11.0. The quantitative estimate of drug-likeness (QED) is 0.530. The third kappa shape index (κ3) is 5.68. The zero-order chi connectivity index (χ0) is 20.6. The monoisotopic (exact) mass is 394 g/mol. The van der Waals surface area contributed by atoms with Gasteiger partial charge in [0.25, 0.3) is 0 Å². The van der Waals surface area contributed by atoms with Gasteiger partial charge in [0.1, 0.15) is 12.4 Å². The first kappa shape index (κ1) is 21.1. The van der Waals surface area contributed by atoms with E-state index in [1.54, 1.807) is 6.08 Å². The van der Waals surface area contributed by atoms with Crippen molar-refractivity contribution in [3.05, 3.63) is 71.3 Å². The van der Waals surface area contributed by atoms with E-state index < -0.39 is 0 Å². The fraction of sp³-hybridized carbons (Fsp3) is 0.375. The second-order valence-electron chi connectivity index (χ2n) is 7.37. The maximum atomic E-state index is 12.1. The van der Waals surface area contributed by atoms with Crippen LogP contribution < -0.4 is 4.74 Å². The summed E-state index contributed by atoms with van der Waals surface area (Å²) in [5.74, 6) is 0.501. The van der Waals surface area contributed by atoms with Crippen molar-refractivity contribution in [2.75, 3.05) is 40.3 Å². The number of methoxy groups -OCH3 is 1. The van der Waals surface area contributed by atoms with Crippen molar-refractivity contribution in [1.82, 2.24) is 9.80 Å². The van der Waals surface area contributed by atoms with Gasteiger partial charge in [0.15, 0.2) is 0 Å². The van der Waals surface area contributed by atoms with Crippen LogP contribution in [0.2, 0.25) is 0 Å². The number of likely N-dealkylation sites (N-methyl/N-ethyl adjacent to an activating group) is 1. The van der Waals surface area contributed by atoms with Gasteiger partial charge in [0, 0.05) is 32.7 Å². The number of carbonyl (C=O) groups excluding carboxylic acids is 1. The summed E-state index contributed by atoms with van der Waals surface area (Å²) in [7, 11) is 3.57. The predicted molar refractivity (Wildman–Crippen MR) is 116 cm³/mol. The lowest BCUT2D eigenvalue weighted by Gasteiger charge is -2.32. The first-order valence-electron chi connectivity index (χ1n) is 10.1. The van der Waals surface area contributed by atoms with Gasteiger partial charge >= 0.3 is 5.97 Å². The van der Waals surface area contributed by atoms with Crippen molar-refractivity contribution >= 4 is 11.5 Å². The summed E-state index contributed by atoms with van der Waals surface area (Å²) in [5, 5.41) is 0. The molecule has 1 fully saturated rings. The third-order valence-electron chi connectivity index (χ3n) is 5.30. The van der Waals surface area contributed by atoms with Crippen LogP contribution >= 0.6 is 0 Å². The zero-order valence-corrected chi connectivity index (χ0v) is 17.6. The minimum atomic E-state index is -0.339. The molecule has 5 heteroatoms. The van der Waals surface area contributed by atoms with Crippen LogP contribution in [0.1, 0.15) is 23.6 Å². The summed E-state index contributed by atoms with van der Waals surface area (Å²) in [6.45, 7) is 7.57. The van der Waals surface area contributed by atoms with Crippen LogP contribution in [-0.4, -0.2) is 56.1 Å². The van der Waals surface area contributed by atoms with E-state index in [4.69, 9.17) is 9.47 Å². The molecule has 1 heterocycles. The van der Waals surface area contributed by atoms with Crippen molar-refractivity contribution < 1.29 is 14.3 Å². The molecule has 5 nitrogen and oxygen atoms in total. The van der Waals surface area contributed by atoms with E-state index in [9.17, 15) is 4.79 Å². The minimum absolute atomic E-state index is 0.339. The molecule has 0 amide bonds. The molecule has 1 saturated heterocycles. The van der Waals surface area contributed by atoms with E-state index in [1.165, 1.54) is 12.7 Å². The van der Waals surface area contributed by atoms with Crippen molar-refractivity contribution in [2.24, 2.45) is 0 Å². The Bertz CT molecular complexity index is 855. The fourth-order valence-electron chi connectivity index (χ4n) is 3.56. The lowest BCUT2D eigenvalue weighted by molar-refractivity contribution is -0.133. The Kier molecular flexibility index (Phi) is 7.44. The molecule has 29 heavy (non-hydrogen) atoms. The first-order valence-corrected chi connectivity index (χ1v) is 10.1. The number of hydrogen-bond donors (Lipinski definition) is 0. The molecule has 0 radical (unpaired) electrons. The standard InChI is InChI=1S/C24H30N2O3/c1-4-22(24(27)28-3)23-11-6-5-9-20(23)18-29-21-10-7-8-19(16-21)17-26-14-12-25(2)13-15-26/h4-11,16H,12-15,17-18H2,1-3H3. The highest BCUT2D eigenvalue weighted by atomic mass is 16.5. The summed E-state index contributed by atoms with van der Waals surface area (Å²) in [5.41, 5.74) is 3.60. The van der Waals surface area contributed by atoms with Gasteiger partial charge in [-0.15, -0.1) is 0 Å². The normalized spacial score (nSPS) is 15.9. The van der Waals surface area contributed by atoms with Crippen LogP contribution in [-0.2, 0) is 22.7 Å². The SMILES string of the molecule is CC=C(C(=O)OC)c1ccccc1COc1cccc(CN2CCN(C)CC2)c1. The maximum Gasteiger partial charge on any atom is 0.338 e. The van der Waals surface area contributed by atoms with Gasteiger partial charge in [-0.05, 0) is 42.8 Å².